The van der Waals surface area contributed by atoms with Gasteiger partial charge in [0.25, 0.3) is 5.24 Å². The monoisotopic (exact) mass is 279 g/mol. The molecule has 0 radical (unpaired) electrons. The Morgan fingerprint density at radius 3 is 2.68 bits per heavy atom. The van der Waals surface area contributed by atoms with E-state index < -0.39 is 11.2 Å². The first-order chi connectivity index (χ1) is 8.92. The molecule has 0 aromatic heterocycles. The zero-order chi connectivity index (χ0) is 14.6. The number of hydrogen-bond donors (Lipinski definition) is 3. The van der Waals surface area contributed by atoms with Crippen LogP contribution in [0.25, 0.3) is 0 Å². The van der Waals surface area contributed by atoms with Crippen molar-refractivity contribution in [3.05, 3.63) is 22.8 Å². The number of nitrogens with one attached hydrogen (secondary N) is 1. The van der Waals surface area contributed by atoms with Gasteiger partial charge in [0.05, 0.1) is 29.1 Å². The number of anilines is 2. The van der Waals surface area contributed by atoms with E-state index in [2.05, 4.69) is 17.9 Å². The number of carbonyl (C=O) groups is 2. The zero-order valence-corrected chi connectivity index (χ0v) is 11.4. The van der Waals surface area contributed by atoms with Crippen LogP contribution in [0.1, 0.15) is 28.4 Å². The molecule has 100 valence electrons. The molecule has 0 aliphatic heterocycles. The molecule has 1 rings (SSSR count). The maximum atomic E-state index is 11.8. The van der Waals surface area contributed by atoms with Crippen molar-refractivity contribution >= 4 is 35.2 Å². The molecular weight excluding hydrogens is 266 g/mol. The van der Waals surface area contributed by atoms with E-state index in [4.69, 9.17) is 15.7 Å². The second kappa shape index (κ2) is 6.11. The molecule has 3 N–H and O–H groups in total. The van der Waals surface area contributed by atoms with Crippen molar-refractivity contribution in [3.63, 3.8) is 0 Å². The van der Waals surface area contributed by atoms with Crippen LogP contribution in [-0.4, -0.2) is 17.8 Å². The minimum Gasteiger partial charge on any atom is -0.462 e. The second-order valence-corrected chi connectivity index (χ2v) is 4.05. The topological polar surface area (TPSA) is 105 Å². The highest BCUT2D eigenvalue weighted by atomic mass is 32.1. The maximum absolute atomic E-state index is 11.8. The summed E-state index contributed by atoms with van der Waals surface area (Å²) < 4.78 is 4.89. The molecule has 1 aromatic rings. The van der Waals surface area contributed by atoms with E-state index >= 15 is 0 Å². The number of benzene rings is 1. The highest BCUT2D eigenvalue weighted by molar-refractivity contribution is 7.96. The average molecular weight is 279 g/mol. The summed E-state index contributed by atoms with van der Waals surface area (Å²) in [6.45, 7) is 3.48. The standard InChI is InChI=1S/C12H13N3O3S/c1-3-18-11(16)8-4-7(5-13)9(14)10(6(8)2)15-12(17)19/h4H,3,14H2,1-2H3,(H2,15,17,19). The molecule has 19 heavy (non-hydrogen) atoms. The van der Waals surface area contributed by atoms with E-state index in [1.165, 1.54) is 6.07 Å². The molecule has 0 atom stereocenters. The molecule has 0 unspecified atom stereocenters. The minimum absolute atomic E-state index is 0.0886. The first kappa shape index (κ1) is 14.9. The van der Waals surface area contributed by atoms with Crippen molar-refractivity contribution in [3.8, 4) is 6.07 Å². The van der Waals surface area contributed by atoms with Gasteiger partial charge in [-0.1, -0.05) is 12.6 Å². The first-order valence-corrected chi connectivity index (χ1v) is 5.87. The Bertz CT molecular complexity index is 579. The molecule has 0 fully saturated rings. The van der Waals surface area contributed by atoms with Crippen molar-refractivity contribution in [1.82, 2.24) is 0 Å². The Morgan fingerprint density at radius 2 is 2.21 bits per heavy atom. The summed E-state index contributed by atoms with van der Waals surface area (Å²) in [6.07, 6.45) is 0. The fraction of sp³-hybridized carbons (Fsp3) is 0.250. The number of ether oxygens (including phenoxy) is 1. The van der Waals surface area contributed by atoms with Crippen molar-refractivity contribution in [2.75, 3.05) is 17.7 Å². The molecular formula is C12H13N3O3S. The number of thiol groups is 1. The quantitative estimate of drug-likeness (QED) is 0.446. The van der Waals surface area contributed by atoms with Gasteiger partial charge in [-0.3, -0.25) is 4.79 Å². The number of rotatable bonds is 3. The van der Waals surface area contributed by atoms with Crippen molar-refractivity contribution in [2.24, 2.45) is 0 Å². The van der Waals surface area contributed by atoms with Gasteiger partial charge in [0, 0.05) is 0 Å². The van der Waals surface area contributed by atoms with Gasteiger partial charge >= 0.3 is 5.97 Å². The van der Waals surface area contributed by atoms with Gasteiger partial charge in [0.2, 0.25) is 0 Å². The van der Waals surface area contributed by atoms with Crippen LogP contribution < -0.4 is 11.1 Å². The Hall–Kier alpha value is -2.20. The van der Waals surface area contributed by atoms with Gasteiger partial charge in [0.1, 0.15) is 6.07 Å². The zero-order valence-electron chi connectivity index (χ0n) is 10.5. The third-order valence-corrected chi connectivity index (χ3v) is 2.59. The highest BCUT2D eigenvalue weighted by Crippen LogP contribution is 2.30. The Labute approximate surface area is 115 Å². The van der Waals surface area contributed by atoms with Gasteiger partial charge < -0.3 is 15.8 Å². The van der Waals surface area contributed by atoms with Crippen LogP contribution in [0.5, 0.6) is 0 Å². The van der Waals surface area contributed by atoms with E-state index in [9.17, 15) is 9.59 Å². The molecule has 0 saturated carbocycles. The number of nitrogens with zero attached hydrogens (tertiary/aromatic N) is 1. The summed E-state index contributed by atoms with van der Waals surface area (Å²) in [5.74, 6) is -0.578. The largest absolute Gasteiger partial charge is 0.462 e. The summed E-state index contributed by atoms with van der Waals surface area (Å²) in [7, 11) is 0. The van der Waals surface area contributed by atoms with Gasteiger partial charge in [0.15, 0.2) is 0 Å². The second-order valence-electron chi connectivity index (χ2n) is 3.65. The molecule has 0 aliphatic rings. The SMILES string of the molecule is CCOC(=O)c1cc(C#N)c(N)c(NC(=O)S)c1C. The summed E-state index contributed by atoms with van der Waals surface area (Å²) >= 11 is 3.59. The van der Waals surface area contributed by atoms with Crippen LogP contribution >= 0.6 is 12.6 Å². The molecule has 1 amide bonds. The fourth-order valence-corrected chi connectivity index (χ4v) is 1.69. The van der Waals surface area contributed by atoms with E-state index in [0.717, 1.165) is 0 Å². The Morgan fingerprint density at radius 1 is 1.58 bits per heavy atom. The molecule has 0 aliphatic carbocycles. The van der Waals surface area contributed by atoms with Gasteiger partial charge in [-0.25, -0.2) is 4.79 Å². The highest BCUT2D eigenvalue weighted by Gasteiger charge is 2.19. The van der Waals surface area contributed by atoms with Crippen LogP contribution in [0, 0.1) is 18.3 Å². The number of hydrogen-bond acceptors (Lipinski definition) is 5. The van der Waals surface area contributed by atoms with Crippen LogP contribution in [0.4, 0.5) is 16.2 Å². The van der Waals surface area contributed by atoms with Crippen LogP contribution in [0.3, 0.4) is 0 Å². The molecule has 0 bridgehead atoms. The lowest BCUT2D eigenvalue weighted by molar-refractivity contribution is 0.0525. The predicted octanol–water partition coefficient (Wildman–Crippen LogP) is 2.09. The molecule has 7 heteroatoms. The molecule has 0 heterocycles. The van der Waals surface area contributed by atoms with Gasteiger partial charge in [-0.2, -0.15) is 5.26 Å². The molecule has 0 saturated heterocycles. The summed E-state index contributed by atoms with van der Waals surface area (Å²) in [5.41, 5.74) is 6.75. The number of nitriles is 1. The number of esters is 1. The first-order valence-electron chi connectivity index (χ1n) is 5.42. The van der Waals surface area contributed by atoms with Crippen molar-refractivity contribution in [1.29, 1.82) is 5.26 Å². The lowest BCUT2D eigenvalue weighted by atomic mass is 10.0. The fourth-order valence-electron chi connectivity index (χ4n) is 1.58. The lowest BCUT2D eigenvalue weighted by Crippen LogP contribution is -2.13. The Balaban J connectivity index is 3.46. The molecule has 1 aromatic carbocycles. The smallest absolute Gasteiger partial charge is 0.338 e. The van der Waals surface area contributed by atoms with E-state index in [1.807, 2.05) is 6.07 Å². The van der Waals surface area contributed by atoms with E-state index in [0.29, 0.717) is 5.56 Å². The van der Waals surface area contributed by atoms with Gasteiger partial charge in [-0.05, 0) is 25.5 Å². The summed E-state index contributed by atoms with van der Waals surface area (Å²) in [4.78, 5) is 22.8. The van der Waals surface area contributed by atoms with Crippen molar-refractivity contribution < 1.29 is 14.3 Å². The number of carbonyl (C=O) groups excluding carboxylic acids is 2. The van der Waals surface area contributed by atoms with E-state index in [-0.39, 0.29) is 29.1 Å². The van der Waals surface area contributed by atoms with Gasteiger partial charge in [-0.15, -0.1) is 0 Å². The van der Waals surface area contributed by atoms with Crippen LogP contribution in [-0.2, 0) is 4.74 Å². The van der Waals surface area contributed by atoms with Crippen LogP contribution in [0.2, 0.25) is 0 Å². The summed E-state index contributed by atoms with van der Waals surface area (Å²) in [5, 5.41) is 10.7. The predicted molar refractivity (Wildman–Crippen MR) is 74.3 cm³/mol. The van der Waals surface area contributed by atoms with Crippen LogP contribution in [0.15, 0.2) is 6.07 Å². The third kappa shape index (κ3) is 3.17. The average Bonchev–Trinajstić information content (AvgIpc) is 2.34. The number of nitrogens with two attached hydrogens (primary N) is 1. The molecule has 6 nitrogen and oxygen atoms in total. The summed E-state index contributed by atoms with van der Waals surface area (Å²) in [6, 6.07) is 3.21. The normalized spacial score (nSPS) is 9.58. The van der Waals surface area contributed by atoms with E-state index in [1.54, 1.807) is 13.8 Å². The minimum atomic E-state index is -0.639. The maximum Gasteiger partial charge on any atom is 0.338 e. The number of amides is 1. The third-order valence-electron chi connectivity index (χ3n) is 2.47. The Kier molecular flexibility index (Phi) is 4.78. The lowest BCUT2D eigenvalue weighted by Gasteiger charge is -2.14. The molecule has 0 spiro atoms. The van der Waals surface area contributed by atoms with Crippen molar-refractivity contribution in [2.45, 2.75) is 13.8 Å². The number of nitrogen functional groups attached to an aromatic ring is 1.